The van der Waals surface area contributed by atoms with Crippen LogP contribution in [0.15, 0.2) is 54.9 Å². The lowest BCUT2D eigenvalue weighted by atomic mass is 10.0. The molecule has 4 N–H and O–H groups in total. The molecule has 1 atom stereocenters. The van der Waals surface area contributed by atoms with E-state index in [0.29, 0.717) is 70.9 Å². The molecule has 3 aromatic heterocycles. The number of likely N-dealkylation sites (tertiary alicyclic amines) is 1. The quantitative estimate of drug-likeness (QED) is 0.142. The average molecular weight is 762 g/mol. The molecule has 0 unspecified atom stereocenters. The molecule has 3 amide bonds. The lowest BCUT2D eigenvalue weighted by molar-refractivity contribution is -0.120. The van der Waals surface area contributed by atoms with E-state index in [9.17, 15) is 14.4 Å². The molecule has 53 heavy (non-hydrogen) atoms. The molecular weight excluding hydrogens is 719 g/mol. The van der Waals surface area contributed by atoms with Crippen LogP contribution >= 0.6 is 23.2 Å². The first-order valence-electron chi connectivity index (χ1n) is 17.4. The van der Waals surface area contributed by atoms with Crippen LogP contribution in [0.2, 0.25) is 10.0 Å². The van der Waals surface area contributed by atoms with Gasteiger partial charge in [0.2, 0.25) is 17.7 Å². The molecule has 2 saturated heterocycles. The molecule has 2 aliphatic heterocycles. The lowest BCUT2D eigenvalue weighted by Crippen LogP contribution is -2.43. The molecular formula is C38H42Cl2N8O5. The zero-order valence-electron chi connectivity index (χ0n) is 29.8. The van der Waals surface area contributed by atoms with Gasteiger partial charge in [-0.3, -0.25) is 29.3 Å². The summed E-state index contributed by atoms with van der Waals surface area (Å²) in [4.78, 5) is 52.3. The third kappa shape index (κ3) is 9.22. The Morgan fingerprint density at radius 1 is 0.981 bits per heavy atom. The number of benzene rings is 1. The number of rotatable bonds is 13. The number of methoxy groups -OCH3 is 2. The van der Waals surface area contributed by atoms with Crippen molar-refractivity contribution >= 4 is 46.6 Å². The molecule has 0 saturated carbocycles. The van der Waals surface area contributed by atoms with E-state index in [2.05, 4.69) is 36.1 Å². The molecule has 0 aliphatic carbocycles. The molecule has 0 bridgehead atoms. The van der Waals surface area contributed by atoms with Gasteiger partial charge < -0.3 is 30.7 Å². The van der Waals surface area contributed by atoms with Crippen molar-refractivity contribution in [3.8, 4) is 34.1 Å². The third-order valence-corrected chi connectivity index (χ3v) is 10.2. The van der Waals surface area contributed by atoms with Crippen molar-refractivity contribution in [2.75, 3.05) is 39.2 Å². The van der Waals surface area contributed by atoms with E-state index in [1.807, 2.05) is 12.1 Å². The first kappa shape index (κ1) is 37.9. The average Bonchev–Trinajstić information content (AvgIpc) is 3.58. The second kappa shape index (κ2) is 17.3. The Labute approximate surface area is 318 Å². The molecule has 2 fully saturated rings. The first-order chi connectivity index (χ1) is 25.6. The van der Waals surface area contributed by atoms with Gasteiger partial charge in [-0.15, -0.1) is 0 Å². The summed E-state index contributed by atoms with van der Waals surface area (Å²) in [6, 6.07) is 12.7. The van der Waals surface area contributed by atoms with Crippen molar-refractivity contribution < 1.29 is 23.9 Å². The van der Waals surface area contributed by atoms with Crippen LogP contribution < -0.4 is 30.7 Å². The highest BCUT2D eigenvalue weighted by Crippen LogP contribution is 2.40. The number of carbonyl (C=O) groups excluding carboxylic acids is 3. The number of halogens is 2. The van der Waals surface area contributed by atoms with Gasteiger partial charge in [0, 0.05) is 98.9 Å². The van der Waals surface area contributed by atoms with Crippen LogP contribution in [0, 0.1) is 0 Å². The predicted molar refractivity (Wildman–Crippen MR) is 203 cm³/mol. The highest BCUT2D eigenvalue weighted by atomic mass is 35.5. The second-order valence-electron chi connectivity index (χ2n) is 13.1. The summed E-state index contributed by atoms with van der Waals surface area (Å²) in [6.07, 6.45) is 6.37. The predicted octanol–water partition coefficient (Wildman–Crippen LogP) is 5.25. The first-order valence-corrected chi connectivity index (χ1v) is 18.2. The minimum atomic E-state index is -0.461. The normalized spacial score (nSPS) is 16.2. The number of nitrogens with one attached hydrogen (secondary N) is 4. The number of piperidine rings is 1. The Morgan fingerprint density at radius 3 is 2.51 bits per heavy atom. The summed E-state index contributed by atoms with van der Waals surface area (Å²) in [5.41, 5.74) is 4.39. The topological polar surface area (TPSA) is 160 Å². The van der Waals surface area contributed by atoms with Gasteiger partial charge in [0.25, 0.3) is 5.91 Å². The Morgan fingerprint density at radius 2 is 1.79 bits per heavy atom. The number of pyridine rings is 3. The Bertz CT molecular complexity index is 1990. The largest absolute Gasteiger partial charge is 0.496 e. The number of hydrogen-bond acceptors (Lipinski definition) is 10. The summed E-state index contributed by atoms with van der Waals surface area (Å²) in [6.45, 7) is 4.96. The van der Waals surface area contributed by atoms with Gasteiger partial charge in [-0.25, -0.2) is 4.98 Å². The highest BCUT2D eigenvalue weighted by molar-refractivity contribution is 6.39. The van der Waals surface area contributed by atoms with Crippen LogP contribution in [0.4, 0.5) is 5.69 Å². The van der Waals surface area contributed by atoms with Crippen molar-refractivity contribution in [1.82, 2.24) is 35.8 Å². The van der Waals surface area contributed by atoms with E-state index in [1.54, 1.807) is 56.9 Å². The Hall–Kier alpha value is -4.82. The van der Waals surface area contributed by atoms with Gasteiger partial charge in [0.1, 0.15) is 11.4 Å². The van der Waals surface area contributed by atoms with Crippen molar-refractivity contribution in [2.45, 2.75) is 57.8 Å². The Balaban J connectivity index is 1.14. The molecule has 6 rings (SSSR count). The molecule has 0 spiro atoms. The van der Waals surface area contributed by atoms with Crippen molar-refractivity contribution in [2.24, 2.45) is 0 Å². The number of ether oxygens (including phenoxy) is 2. The molecule has 2 aliphatic rings. The van der Waals surface area contributed by atoms with E-state index in [0.717, 1.165) is 43.5 Å². The summed E-state index contributed by atoms with van der Waals surface area (Å²) >= 11 is 13.9. The summed E-state index contributed by atoms with van der Waals surface area (Å²) in [5.74, 6) is 0.605. The smallest absolute Gasteiger partial charge is 0.274 e. The maximum absolute atomic E-state index is 13.4. The summed E-state index contributed by atoms with van der Waals surface area (Å²) < 4.78 is 11.3. The second-order valence-corrected chi connectivity index (χ2v) is 13.8. The molecule has 13 nitrogen and oxygen atoms in total. The van der Waals surface area contributed by atoms with Crippen LogP contribution in [0.3, 0.4) is 0 Å². The zero-order chi connectivity index (χ0) is 37.5. The van der Waals surface area contributed by atoms with Gasteiger partial charge in [-0.05, 0) is 37.5 Å². The van der Waals surface area contributed by atoms with E-state index in [-0.39, 0.29) is 34.6 Å². The van der Waals surface area contributed by atoms with Crippen molar-refractivity contribution in [3.05, 3.63) is 81.7 Å². The van der Waals surface area contributed by atoms with Gasteiger partial charge in [-0.1, -0.05) is 41.4 Å². The fraction of sp³-hybridized carbons (Fsp3) is 0.368. The molecule has 0 radical (unpaired) electrons. The minimum absolute atomic E-state index is 0.0129. The summed E-state index contributed by atoms with van der Waals surface area (Å²) in [5, 5.41) is 12.8. The number of aromatic nitrogens is 3. The van der Waals surface area contributed by atoms with Gasteiger partial charge in [0.05, 0.1) is 41.3 Å². The van der Waals surface area contributed by atoms with Crippen LogP contribution in [0.1, 0.15) is 54.2 Å². The molecule has 278 valence electrons. The van der Waals surface area contributed by atoms with Gasteiger partial charge >= 0.3 is 0 Å². The third-order valence-electron chi connectivity index (χ3n) is 9.38. The van der Waals surface area contributed by atoms with E-state index in [4.69, 9.17) is 37.7 Å². The number of amides is 3. The number of carbonyl (C=O) groups is 3. The van der Waals surface area contributed by atoms with Crippen LogP contribution in [-0.2, 0) is 22.7 Å². The maximum atomic E-state index is 13.4. The van der Waals surface area contributed by atoms with E-state index in [1.165, 1.54) is 6.92 Å². The van der Waals surface area contributed by atoms with Crippen molar-refractivity contribution in [1.29, 1.82) is 0 Å². The number of anilines is 1. The molecule has 5 heterocycles. The molecule has 4 aromatic rings. The Kier molecular flexibility index (Phi) is 12.4. The summed E-state index contributed by atoms with van der Waals surface area (Å²) in [7, 11) is 3.13. The van der Waals surface area contributed by atoms with Crippen LogP contribution in [0.5, 0.6) is 11.6 Å². The fourth-order valence-corrected chi connectivity index (χ4v) is 7.20. The van der Waals surface area contributed by atoms with Crippen LogP contribution in [-0.4, -0.2) is 83.5 Å². The lowest BCUT2D eigenvalue weighted by Gasteiger charge is -2.32. The zero-order valence-corrected chi connectivity index (χ0v) is 31.3. The fourth-order valence-electron chi connectivity index (χ4n) is 6.63. The number of hydrogen-bond donors (Lipinski definition) is 4. The SMILES string of the molecule is COc1cc(C(=O)Nc2cccc(-c3nccc(-c4ccc(CNC[C@@H]5CCC(=O)N5)c(OC)n4)c3Cl)c2Cl)ncc1CN1CCC(NC(C)=O)CC1. The highest BCUT2D eigenvalue weighted by Gasteiger charge is 2.24. The van der Waals surface area contributed by atoms with E-state index < -0.39 is 5.91 Å². The monoisotopic (exact) mass is 760 g/mol. The number of nitrogens with zero attached hydrogens (tertiary/aromatic N) is 4. The van der Waals surface area contributed by atoms with Gasteiger partial charge in [0.15, 0.2) is 0 Å². The van der Waals surface area contributed by atoms with Crippen molar-refractivity contribution in [3.63, 3.8) is 0 Å². The van der Waals surface area contributed by atoms with Crippen LogP contribution in [0.25, 0.3) is 22.5 Å². The van der Waals surface area contributed by atoms with E-state index >= 15 is 0 Å². The maximum Gasteiger partial charge on any atom is 0.274 e. The standard InChI is InChI=1S/C38H42Cl2N8O5/c1-22(49)44-25-12-15-48(16-13-25)21-24-19-43-31(17-32(24)52-2)37(51)46-30-6-4-5-28(34(30)39)36-35(40)27(11-14-42-36)29-9-7-23(38(47-29)53-3)18-41-20-26-8-10-33(50)45-26/h4-7,9,11,14,17,19,25-26,41H,8,10,12-13,15-16,18,20-21H2,1-3H3,(H,44,49)(H,45,50)(H,46,51)/t26-/m0/s1. The minimum Gasteiger partial charge on any atom is -0.496 e. The molecule has 15 heteroatoms. The van der Waals surface area contributed by atoms with Gasteiger partial charge in [-0.2, -0.15) is 0 Å². The molecule has 1 aromatic carbocycles.